The van der Waals surface area contributed by atoms with Crippen molar-refractivity contribution in [2.45, 2.75) is 43.9 Å². The van der Waals surface area contributed by atoms with Crippen LogP contribution in [0.2, 0.25) is 0 Å². The molecule has 0 spiro atoms. The number of hydrogen-bond donors (Lipinski definition) is 1. The van der Waals surface area contributed by atoms with Crippen molar-refractivity contribution in [3.05, 3.63) is 82.3 Å². The van der Waals surface area contributed by atoms with E-state index in [2.05, 4.69) is 5.32 Å². The normalized spacial score (nSPS) is 15.5. The van der Waals surface area contributed by atoms with Gasteiger partial charge in [-0.2, -0.15) is 4.31 Å². The molecule has 4 rings (SSSR count). The van der Waals surface area contributed by atoms with E-state index in [9.17, 15) is 22.4 Å². The Kier molecular flexibility index (Phi) is 9.26. The molecule has 2 heterocycles. The van der Waals surface area contributed by atoms with E-state index < -0.39 is 10.0 Å². The molecule has 2 aromatic carbocycles. The average molecular weight is 560 g/mol. The van der Waals surface area contributed by atoms with E-state index in [1.807, 2.05) is 17.5 Å². The zero-order valence-electron chi connectivity index (χ0n) is 21.0. The largest absolute Gasteiger partial charge is 0.377 e. The smallest absolute Gasteiger partial charge is 0.243 e. The maximum absolute atomic E-state index is 13.7. The van der Waals surface area contributed by atoms with Gasteiger partial charge in [-0.1, -0.05) is 18.2 Å². The lowest BCUT2D eigenvalue weighted by atomic mass is 10.2. The van der Waals surface area contributed by atoms with Crippen LogP contribution in [0.1, 0.15) is 30.2 Å². The van der Waals surface area contributed by atoms with Gasteiger partial charge in [-0.05, 0) is 66.2 Å². The molecule has 0 saturated carbocycles. The van der Waals surface area contributed by atoms with E-state index in [0.717, 1.165) is 16.9 Å². The summed E-state index contributed by atoms with van der Waals surface area (Å²) in [6.45, 7) is 2.09. The van der Waals surface area contributed by atoms with Crippen molar-refractivity contribution in [3.8, 4) is 0 Å². The Hall–Kier alpha value is -3.12. The van der Waals surface area contributed by atoms with Crippen LogP contribution in [0.25, 0.3) is 0 Å². The Morgan fingerprint density at radius 3 is 2.42 bits per heavy atom. The lowest BCUT2D eigenvalue weighted by molar-refractivity contribution is -0.132. The summed E-state index contributed by atoms with van der Waals surface area (Å²) in [5.41, 5.74) is 1.21. The van der Waals surface area contributed by atoms with Gasteiger partial charge in [-0.15, -0.1) is 11.3 Å². The summed E-state index contributed by atoms with van der Waals surface area (Å²) in [6, 6.07) is 15.5. The number of thiophene rings is 1. The molecule has 38 heavy (non-hydrogen) atoms. The number of sulfonamides is 1. The third kappa shape index (κ3) is 7.47. The second-order valence-electron chi connectivity index (χ2n) is 9.09. The van der Waals surface area contributed by atoms with Gasteiger partial charge in [0, 0.05) is 37.2 Å². The van der Waals surface area contributed by atoms with Crippen molar-refractivity contribution in [2.24, 2.45) is 0 Å². The minimum Gasteiger partial charge on any atom is -0.377 e. The topological polar surface area (TPSA) is 96.0 Å². The fourth-order valence-corrected chi connectivity index (χ4v) is 6.35. The van der Waals surface area contributed by atoms with Crippen LogP contribution in [0.3, 0.4) is 0 Å². The molecule has 8 nitrogen and oxygen atoms in total. The number of nitrogens with one attached hydrogen (secondary N) is 1. The van der Waals surface area contributed by atoms with Gasteiger partial charge in [-0.25, -0.2) is 12.8 Å². The molecule has 1 atom stereocenters. The summed E-state index contributed by atoms with van der Waals surface area (Å²) < 4.78 is 47.7. The molecule has 0 aliphatic carbocycles. The van der Waals surface area contributed by atoms with E-state index in [0.29, 0.717) is 25.3 Å². The number of rotatable bonds is 11. The number of hydrogen-bond acceptors (Lipinski definition) is 6. The summed E-state index contributed by atoms with van der Waals surface area (Å²) >= 11 is 1.50. The fraction of sp³-hybridized carbons (Fsp3) is 0.333. The molecule has 0 bridgehead atoms. The number of ether oxygens (including phenoxy) is 1. The van der Waals surface area contributed by atoms with Crippen LogP contribution in [0, 0.1) is 5.82 Å². The molecule has 0 radical (unpaired) electrons. The van der Waals surface area contributed by atoms with E-state index >= 15 is 0 Å². The van der Waals surface area contributed by atoms with E-state index in [4.69, 9.17) is 4.74 Å². The van der Waals surface area contributed by atoms with Crippen LogP contribution in [0.4, 0.5) is 10.1 Å². The van der Waals surface area contributed by atoms with Crippen LogP contribution in [-0.2, 0) is 37.4 Å². The molecule has 202 valence electrons. The standard InChI is InChI=1S/C27H30FN3O5S2/c1-20(32)29-23-10-12-26(13-11-23)38(34,35)31(17-24-4-2-14-36-24)19-27(33)30(18-25-5-3-15-37-25)16-21-6-8-22(28)9-7-21/h3,5-13,15,24H,2,4,14,16-19H2,1H3,(H,29,32). The molecule has 11 heteroatoms. The zero-order valence-corrected chi connectivity index (χ0v) is 22.6. The number of carbonyl (C=O) groups is 2. The monoisotopic (exact) mass is 559 g/mol. The van der Waals surface area contributed by atoms with Gasteiger partial charge in [0.15, 0.2) is 0 Å². The Morgan fingerprint density at radius 1 is 1.08 bits per heavy atom. The number of anilines is 1. The Balaban J connectivity index is 1.58. The van der Waals surface area contributed by atoms with Crippen LogP contribution in [0.5, 0.6) is 0 Å². The van der Waals surface area contributed by atoms with Gasteiger partial charge in [0.05, 0.1) is 24.1 Å². The zero-order chi connectivity index (χ0) is 27.1. The molecule has 1 N–H and O–H groups in total. The predicted octanol–water partition coefficient (Wildman–Crippen LogP) is 4.24. The average Bonchev–Trinajstić information content (AvgIpc) is 3.59. The van der Waals surface area contributed by atoms with Crippen molar-refractivity contribution in [1.82, 2.24) is 9.21 Å². The Morgan fingerprint density at radius 2 is 1.82 bits per heavy atom. The minimum atomic E-state index is -4.06. The van der Waals surface area contributed by atoms with E-state index in [1.165, 1.54) is 59.0 Å². The van der Waals surface area contributed by atoms with E-state index in [-0.39, 0.29) is 48.3 Å². The highest BCUT2D eigenvalue weighted by atomic mass is 32.2. The van der Waals surface area contributed by atoms with E-state index in [1.54, 1.807) is 17.0 Å². The van der Waals surface area contributed by atoms with Crippen molar-refractivity contribution in [3.63, 3.8) is 0 Å². The number of amides is 2. The van der Waals surface area contributed by atoms with Gasteiger partial charge in [0.25, 0.3) is 0 Å². The SMILES string of the molecule is CC(=O)Nc1ccc(S(=O)(=O)N(CC(=O)N(Cc2ccc(F)cc2)Cc2cccs2)CC2CCCO2)cc1. The lowest BCUT2D eigenvalue weighted by Gasteiger charge is -2.28. The number of benzene rings is 2. The summed E-state index contributed by atoms with van der Waals surface area (Å²) in [5.74, 6) is -1.01. The third-order valence-corrected chi connectivity index (χ3v) is 8.81. The number of halogens is 1. The van der Waals surface area contributed by atoms with Crippen LogP contribution in [-0.4, -0.2) is 55.2 Å². The molecule has 1 unspecified atom stereocenters. The molecule has 1 fully saturated rings. The molecule has 1 aromatic heterocycles. The van der Waals surface area contributed by atoms with Crippen molar-refractivity contribution >= 4 is 38.9 Å². The lowest BCUT2D eigenvalue weighted by Crippen LogP contribution is -2.45. The molecular weight excluding hydrogens is 529 g/mol. The molecule has 1 aliphatic rings. The minimum absolute atomic E-state index is 0.0146. The molecule has 3 aromatic rings. The maximum Gasteiger partial charge on any atom is 0.243 e. The summed E-state index contributed by atoms with van der Waals surface area (Å²) in [4.78, 5) is 27.5. The first-order chi connectivity index (χ1) is 18.2. The Bertz CT molecular complexity index is 1320. The molecule has 1 aliphatic heterocycles. The summed E-state index contributed by atoms with van der Waals surface area (Å²) in [6.07, 6.45) is 1.22. The number of carbonyl (C=O) groups excluding carboxylic acids is 2. The van der Waals surface area contributed by atoms with Gasteiger partial charge < -0.3 is 15.0 Å². The second-order valence-corrected chi connectivity index (χ2v) is 12.1. The molecule has 1 saturated heterocycles. The van der Waals surface area contributed by atoms with Crippen LogP contribution < -0.4 is 5.32 Å². The quantitative estimate of drug-likeness (QED) is 0.379. The van der Waals surface area contributed by atoms with Crippen LogP contribution >= 0.6 is 11.3 Å². The summed E-state index contributed by atoms with van der Waals surface area (Å²) in [5, 5.41) is 4.53. The molecule has 2 amide bonds. The van der Waals surface area contributed by atoms with Gasteiger partial charge in [0.2, 0.25) is 21.8 Å². The highest BCUT2D eigenvalue weighted by molar-refractivity contribution is 7.89. The highest BCUT2D eigenvalue weighted by Gasteiger charge is 2.32. The third-order valence-electron chi connectivity index (χ3n) is 6.12. The first-order valence-corrected chi connectivity index (χ1v) is 14.6. The van der Waals surface area contributed by atoms with Gasteiger partial charge >= 0.3 is 0 Å². The fourth-order valence-electron chi connectivity index (χ4n) is 4.21. The van der Waals surface area contributed by atoms with Gasteiger partial charge in [0.1, 0.15) is 5.82 Å². The number of nitrogens with zero attached hydrogens (tertiary/aromatic N) is 2. The molecular formula is C27H30FN3O5S2. The van der Waals surface area contributed by atoms with Crippen molar-refractivity contribution in [2.75, 3.05) is 25.0 Å². The first kappa shape index (κ1) is 27.9. The highest BCUT2D eigenvalue weighted by Crippen LogP contribution is 2.23. The second kappa shape index (κ2) is 12.6. The van der Waals surface area contributed by atoms with Crippen molar-refractivity contribution in [1.29, 1.82) is 0 Å². The Labute approximate surface area is 226 Å². The maximum atomic E-state index is 13.7. The van der Waals surface area contributed by atoms with Gasteiger partial charge in [-0.3, -0.25) is 9.59 Å². The van der Waals surface area contributed by atoms with Crippen molar-refractivity contribution < 1.29 is 27.1 Å². The summed E-state index contributed by atoms with van der Waals surface area (Å²) in [7, 11) is -4.06. The predicted molar refractivity (Wildman–Crippen MR) is 143 cm³/mol. The van der Waals surface area contributed by atoms with Crippen LogP contribution in [0.15, 0.2) is 70.9 Å². The first-order valence-electron chi connectivity index (χ1n) is 12.2.